The molecule has 0 saturated carbocycles. The monoisotopic (exact) mass is 449 g/mol. The first-order chi connectivity index (χ1) is 16.7. The fourth-order valence-electron chi connectivity index (χ4n) is 4.11. The molecule has 34 heavy (non-hydrogen) atoms. The Hall–Kier alpha value is -4.99. The predicted octanol–water partition coefficient (Wildman–Crippen LogP) is 4.06. The summed E-state index contributed by atoms with van der Waals surface area (Å²) >= 11 is 0. The van der Waals surface area contributed by atoms with Crippen molar-refractivity contribution in [2.24, 2.45) is 0 Å². The summed E-state index contributed by atoms with van der Waals surface area (Å²) in [5.74, 6) is 2.05. The van der Waals surface area contributed by atoms with Crippen LogP contribution >= 0.6 is 0 Å². The highest BCUT2D eigenvalue weighted by Crippen LogP contribution is 2.38. The number of imidazole rings is 1. The van der Waals surface area contributed by atoms with E-state index >= 15 is 0 Å². The van der Waals surface area contributed by atoms with E-state index in [4.69, 9.17) is 19.4 Å². The topological polar surface area (TPSA) is 135 Å². The lowest BCUT2D eigenvalue weighted by atomic mass is 10.1. The van der Waals surface area contributed by atoms with E-state index in [-0.39, 0.29) is 12.5 Å². The Bertz CT molecular complexity index is 1720. The molecule has 0 unspecified atom stereocenters. The fourth-order valence-corrected chi connectivity index (χ4v) is 4.11. The second kappa shape index (κ2) is 7.01. The molecule has 0 saturated heterocycles. The largest absolute Gasteiger partial charge is 0.506 e. The molecule has 1 aliphatic heterocycles. The van der Waals surface area contributed by atoms with Crippen LogP contribution in [0.4, 0.5) is 0 Å². The first-order valence-corrected chi connectivity index (χ1v) is 10.5. The molecule has 10 nitrogen and oxygen atoms in total. The van der Waals surface area contributed by atoms with Gasteiger partial charge in [0.05, 0.1) is 17.4 Å². The zero-order valence-corrected chi connectivity index (χ0v) is 17.5. The minimum absolute atomic E-state index is 0.0752. The SMILES string of the molecule is Oc1cncc(-c2ccc3[nH]nc(-c4nc5c(-c6ccc7c(c6)OCO7)ccnc5[nH]4)c3n2)c1. The van der Waals surface area contributed by atoms with Crippen LogP contribution in [0.25, 0.3) is 56.1 Å². The van der Waals surface area contributed by atoms with E-state index < -0.39 is 0 Å². The highest BCUT2D eigenvalue weighted by Gasteiger charge is 2.19. The van der Waals surface area contributed by atoms with Crippen LogP contribution in [0, 0.1) is 0 Å². The van der Waals surface area contributed by atoms with Gasteiger partial charge < -0.3 is 19.6 Å². The zero-order valence-electron chi connectivity index (χ0n) is 17.5. The van der Waals surface area contributed by atoms with E-state index in [0.717, 1.165) is 22.4 Å². The van der Waals surface area contributed by atoms with Crippen molar-refractivity contribution in [3.05, 3.63) is 61.1 Å². The molecule has 6 heterocycles. The van der Waals surface area contributed by atoms with Gasteiger partial charge in [0, 0.05) is 23.5 Å². The maximum atomic E-state index is 9.79. The molecule has 5 aromatic heterocycles. The van der Waals surface area contributed by atoms with Crippen LogP contribution in [0.1, 0.15) is 0 Å². The number of aromatic nitrogens is 7. The highest BCUT2D eigenvalue weighted by atomic mass is 16.7. The van der Waals surface area contributed by atoms with Crippen molar-refractivity contribution in [2.75, 3.05) is 6.79 Å². The van der Waals surface area contributed by atoms with E-state index in [9.17, 15) is 5.11 Å². The Morgan fingerprint density at radius 2 is 1.82 bits per heavy atom. The van der Waals surface area contributed by atoms with Gasteiger partial charge in [0.15, 0.2) is 28.7 Å². The molecular formula is C24H15N7O3. The summed E-state index contributed by atoms with van der Waals surface area (Å²) in [6.45, 7) is 0.219. The Labute approximate surface area is 191 Å². The van der Waals surface area contributed by atoms with Crippen molar-refractivity contribution in [1.82, 2.24) is 35.1 Å². The maximum Gasteiger partial charge on any atom is 0.231 e. The van der Waals surface area contributed by atoms with E-state index in [1.807, 2.05) is 36.4 Å². The molecule has 10 heteroatoms. The first kappa shape index (κ1) is 18.6. The van der Waals surface area contributed by atoms with Crippen LogP contribution < -0.4 is 9.47 Å². The number of pyridine rings is 3. The normalized spacial score (nSPS) is 12.6. The minimum atomic E-state index is 0.0752. The molecule has 0 spiro atoms. The third-order valence-corrected chi connectivity index (χ3v) is 5.72. The summed E-state index contributed by atoms with van der Waals surface area (Å²) in [6.07, 6.45) is 4.76. The summed E-state index contributed by atoms with van der Waals surface area (Å²) in [4.78, 5) is 21.3. The molecule has 0 radical (unpaired) electrons. The van der Waals surface area contributed by atoms with Gasteiger partial charge in [0.2, 0.25) is 6.79 Å². The lowest BCUT2D eigenvalue weighted by Crippen LogP contribution is -1.92. The lowest BCUT2D eigenvalue weighted by molar-refractivity contribution is 0.174. The Balaban J connectivity index is 1.36. The zero-order chi connectivity index (χ0) is 22.6. The smallest absolute Gasteiger partial charge is 0.231 e. The summed E-state index contributed by atoms with van der Waals surface area (Å²) < 4.78 is 11.0. The van der Waals surface area contributed by atoms with Gasteiger partial charge in [0.1, 0.15) is 16.8 Å². The van der Waals surface area contributed by atoms with Crippen molar-refractivity contribution in [3.63, 3.8) is 0 Å². The number of nitrogens with zero attached hydrogens (tertiary/aromatic N) is 5. The van der Waals surface area contributed by atoms with E-state index in [2.05, 4.69) is 25.1 Å². The number of ether oxygens (including phenoxy) is 2. The Kier molecular flexibility index (Phi) is 3.83. The molecule has 7 rings (SSSR count). The third kappa shape index (κ3) is 2.85. The van der Waals surface area contributed by atoms with Gasteiger partial charge in [-0.15, -0.1) is 0 Å². The van der Waals surface area contributed by atoms with Crippen molar-refractivity contribution >= 4 is 22.2 Å². The molecule has 6 aromatic rings. The van der Waals surface area contributed by atoms with E-state index in [0.29, 0.717) is 45.2 Å². The van der Waals surface area contributed by atoms with Gasteiger partial charge in [-0.2, -0.15) is 5.10 Å². The van der Waals surface area contributed by atoms with Gasteiger partial charge in [0.25, 0.3) is 0 Å². The average molecular weight is 449 g/mol. The number of nitrogens with one attached hydrogen (secondary N) is 2. The van der Waals surface area contributed by atoms with Crippen LogP contribution in [0.5, 0.6) is 17.2 Å². The summed E-state index contributed by atoms with van der Waals surface area (Å²) in [5.41, 5.74) is 6.53. The molecule has 3 N–H and O–H groups in total. The van der Waals surface area contributed by atoms with Crippen LogP contribution in [0.3, 0.4) is 0 Å². The summed E-state index contributed by atoms with van der Waals surface area (Å²) in [5, 5.41) is 17.2. The number of aromatic amines is 2. The minimum Gasteiger partial charge on any atom is -0.506 e. The van der Waals surface area contributed by atoms with Gasteiger partial charge in [-0.3, -0.25) is 10.1 Å². The van der Waals surface area contributed by atoms with Gasteiger partial charge in [-0.1, -0.05) is 6.07 Å². The van der Waals surface area contributed by atoms with E-state index in [1.54, 1.807) is 18.5 Å². The third-order valence-electron chi connectivity index (χ3n) is 5.72. The molecule has 0 amide bonds. The molecular weight excluding hydrogens is 434 g/mol. The number of rotatable bonds is 3. The number of fused-ring (bicyclic) bond motifs is 3. The highest BCUT2D eigenvalue weighted by molar-refractivity contribution is 5.95. The van der Waals surface area contributed by atoms with Crippen LogP contribution in [-0.2, 0) is 0 Å². The quantitative estimate of drug-likeness (QED) is 0.368. The number of hydrogen-bond donors (Lipinski definition) is 3. The second-order valence-electron chi connectivity index (χ2n) is 7.81. The molecule has 0 aliphatic carbocycles. The number of aromatic hydroxyl groups is 1. The first-order valence-electron chi connectivity index (χ1n) is 10.5. The second-order valence-corrected chi connectivity index (χ2v) is 7.81. The predicted molar refractivity (Wildman–Crippen MR) is 123 cm³/mol. The maximum absolute atomic E-state index is 9.79. The van der Waals surface area contributed by atoms with Crippen molar-refractivity contribution in [2.45, 2.75) is 0 Å². The van der Waals surface area contributed by atoms with Gasteiger partial charge in [-0.25, -0.2) is 15.0 Å². The molecule has 0 bridgehead atoms. The number of hydrogen-bond acceptors (Lipinski definition) is 8. The van der Waals surface area contributed by atoms with Crippen molar-refractivity contribution in [3.8, 4) is 51.2 Å². The molecule has 164 valence electrons. The Morgan fingerprint density at radius 3 is 2.76 bits per heavy atom. The van der Waals surface area contributed by atoms with Gasteiger partial charge >= 0.3 is 0 Å². The summed E-state index contributed by atoms with van der Waals surface area (Å²) in [7, 11) is 0. The number of benzene rings is 1. The number of H-pyrrole nitrogens is 2. The van der Waals surface area contributed by atoms with E-state index in [1.165, 1.54) is 6.20 Å². The standard InChI is InChI=1S/C24H15N7O3/c32-14-7-13(9-25-10-14)16-2-3-17-21(27-16)22(31-30-17)24-28-20-15(5-6-26-23(20)29-24)12-1-4-18-19(8-12)34-11-33-18/h1-10,32H,11H2,(H,30,31)(H,26,28,29). The average Bonchev–Trinajstić information content (AvgIpc) is 3.60. The van der Waals surface area contributed by atoms with Crippen LogP contribution in [0.2, 0.25) is 0 Å². The van der Waals surface area contributed by atoms with Gasteiger partial charge in [-0.05, 0) is 42.0 Å². The van der Waals surface area contributed by atoms with Crippen LogP contribution in [-0.4, -0.2) is 47.0 Å². The lowest BCUT2D eigenvalue weighted by Gasteiger charge is -2.03. The summed E-state index contributed by atoms with van der Waals surface area (Å²) in [6, 6.07) is 13.1. The van der Waals surface area contributed by atoms with Crippen molar-refractivity contribution in [1.29, 1.82) is 0 Å². The molecule has 0 fully saturated rings. The molecule has 1 aliphatic rings. The van der Waals surface area contributed by atoms with Crippen LogP contribution in [0.15, 0.2) is 61.1 Å². The Morgan fingerprint density at radius 1 is 0.882 bits per heavy atom. The molecule has 1 aromatic carbocycles. The molecule has 0 atom stereocenters. The van der Waals surface area contributed by atoms with Crippen molar-refractivity contribution < 1.29 is 14.6 Å². The fraction of sp³-hybridized carbons (Fsp3) is 0.0417.